The Kier molecular flexibility index (Phi) is 5.99. The molecule has 1 aliphatic rings. The first-order chi connectivity index (χ1) is 10.1. The molecule has 1 nitrogen and oxygen atoms in total. The molecule has 0 fully saturated rings. The van der Waals surface area contributed by atoms with Gasteiger partial charge in [0.2, 0.25) is 0 Å². The molecular formula is C18H18Cl2NS-. The molecule has 3 rings (SSSR count). The second kappa shape index (κ2) is 7.56. The minimum absolute atomic E-state index is 0. The molecule has 0 atom stereocenters. The Morgan fingerprint density at radius 2 is 1.77 bits per heavy atom. The van der Waals surface area contributed by atoms with Crippen LogP contribution in [0, 0.1) is 0 Å². The van der Waals surface area contributed by atoms with Crippen LogP contribution in [0.4, 0.5) is 0 Å². The molecule has 22 heavy (non-hydrogen) atoms. The summed E-state index contributed by atoms with van der Waals surface area (Å²) in [6, 6.07) is 14.8. The topological polar surface area (TPSA) is 3.24 Å². The van der Waals surface area contributed by atoms with Gasteiger partial charge in [0.15, 0.2) is 0 Å². The third-order valence-electron chi connectivity index (χ3n) is 3.55. The highest BCUT2D eigenvalue weighted by Crippen LogP contribution is 2.46. The zero-order valence-corrected chi connectivity index (χ0v) is 15.0. The van der Waals surface area contributed by atoms with Crippen molar-refractivity contribution < 1.29 is 12.4 Å². The largest absolute Gasteiger partial charge is 1.00 e. The number of nitrogens with zero attached hydrogens (tertiary/aromatic N) is 1. The van der Waals surface area contributed by atoms with Crippen LogP contribution in [0.3, 0.4) is 0 Å². The number of hydrogen-bond donors (Lipinski definition) is 0. The summed E-state index contributed by atoms with van der Waals surface area (Å²) in [5.41, 5.74) is 3.88. The normalized spacial score (nSPS) is 14.5. The van der Waals surface area contributed by atoms with Crippen molar-refractivity contribution >= 4 is 28.9 Å². The minimum Gasteiger partial charge on any atom is -1.00 e. The second-order valence-electron chi connectivity index (χ2n) is 5.45. The summed E-state index contributed by atoms with van der Waals surface area (Å²) in [5.74, 6) is 0. The van der Waals surface area contributed by atoms with E-state index >= 15 is 0 Å². The van der Waals surface area contributed by atoms with Crippen LogP contribution < -0.4 is 12.4 Å². The Balaban J connectivity index is 0.00000176. The predicted molar refractivity (Wildman–Crippen MR) is 92.3 cm³/mol. The first-order valence-corrected chi connectivity index (χ1v) is 8.26. The van der Waals surface area contributed by atoms with E-state index < -0.39 is 0 Å². The van der Waals surface area contributed by atoms with Gasteiger partial charge in [0, 0.05) is 21.4 Å². The number of hydrogen-bond acceptors (Lipinski definition) is 2. The van der Waals surface area contributed by atoms with Crippen molar-refractivity contribution in [2.24, 2.45) is 0 Å². The second-order valence-corrected chi connectivity index (χ2v) is 6.97. The molecule has 0 saturated heterocycles. The van der Waals surface area contributed by atoms with Gasteiger partial charge < -0.3 is 17.3 Å². The summed E-state index contributed by atoms with van der Waals surface area (Å²) in [6.45, 7) is 1.05. The van der Waals surface area contributed by atoms with Crippen molar-refractivity contribution in [3.63, 3.8) is 0 Å². The van der Waals surface area contributed by atoms with E-state index in [1.165, 1.54) is 26.5 Å². The maximum atomic E-state index is 6.21. The maximum Gasteiger partial charge on any atom is 0.0412 e. The summed E-state index contributed by atoms with van der Waals surface area (Å²) >= 11 is 8.03. The van der Waals surface area contributed by atoms with Gasteiger partial charge in [0.05, 0.1) is 0 Å². The monoisotopic (exact) mass is 350 g/mol. The SMILES string of the molecule is CN(C)CC/C=C1/c2ccccc2Sc2ccc(Cl)cc21.[Cl-]. The van der Waals surface area contributed by atoms with Crippen LogP contribution in [-0.4, -0.2) is 25.5 Å². The van der Waals surface area contributed by atoms with E-state index in [0.717, 1.165) is 18.0 Å². The van der Waals surface area contributed by atoms with E-state index in [4.69, 9.17) is 11.6 Å². The number of benzene rings is 2. The highest BCUT2D eigenvalue weighted by atomic mass is 35.5. The zero-order chi connectivity index (χ0) is 14.8. The Morgan fingerprint density at radius 1 is 1.05 bits per heavy atom. The van der Waals surface area contributed by atoms with Crippen molar-refractivity contribution in [1.82, 2.24) is 4.90 Å². The van der Waals surface area contributed by atoms with Gasteiger partial charge in [-0.1, -0.05) is 47.6 Å². The lowest BCUT2D eigenvalue weighted by Gasteiger charge is -2.22. The smallest absolute Gasteiger partial charge is 0.0412 e. The van der Waals surface area contributed by atoms with Gasteiger partial charge in [-0.25, -0.2) is 0 Å². The molecule has 116 valence electrons. The summed E-state index contributed by atoms with van der Waals surface area (Å²) in [7, 11) is 4.21. The van der Waals surface area contributed by atoms with Gasteiger partial charge in [-0.3, -0.25) is 0 Å². The molecule has 1 aliphatic heterocycles. The molecule has 2 aromatic carbocycles. The standard InChI is InChI=1S/C18H18ClNS.ClH/c1-20(2)11-5-7-14-15-6-3-4-8-17(15)21-18-10-9-13(19)12-16(14)18;/h3-4,6-10,12H,5,11H2,1-2H3;1H/p-1/b14-7-;. The van der Waals surface area contributed by atoms with E-state index in [1.54, 1.807) is 0 Å². The molecule has 1 heterocycles. The van der Waals surface area contributed by atoms with Crippen LogP contribution in [0.15, 0.2) is 58.3 Å². The summed E-state index contributed by atoms with van der Waals surface area (Å²) in [6.07, 6.45) is 3.38. The lowest BCUT2D eigenvalue weighted by molar-refractivity contribution is -0.00000411. The van der Waals surface area contributed by atoms with Gasteiger partial charge in [0.25, 0.3) is 0 Å². The summed E-state index contributed by atoms with van der Waals surface area (Å²) < 4.78 is 0. The lowest BCUT2D eigenvalue weighted by atomic mass is 9.96. The Bertz CT molecular complexity index is 695. The van der Waals surface area contributed by atoms with Crippen LogP contribution in [-0.2, 0) is 0 Å². The molecule has 0 saturated carbocycles. The molecule has 0 N–H and O–H groups in total. The minimum atomic E-state index is 0. The Labute approximate surface area is 147 Å². The van der Waals surface area contributed by atoms with Gasteiger partial charge >= 0.3 is 0 Å². The highest BCUT2D eigenvalue weighted by Gasteiger charge is 2.20. The van der Waals surface area contributed by atoms with Crippen molar-refractivity contribution in [3.8, 4) is 0 Å². The van der Waals surface area contributed by atoms with Gasteiger partial charge in [-0.15, -0.1) is 0 Å². The predicted octanol–water partition coefficient (Wildman–Crippen LogP) is 2.19. The van der Waals surface area contributed by atoms with Crippen molar-refractivity contribution in [1.29, 1.82) is 0 Å². The fourth-order valence-electron chi connectivity index (χ4n) is 2.53. The zero-order valence-electron chi connectivity index (χ0n) is 12.6. The van der Waals surface area contributed by atoms with E-state index in [1.807, 2.05) is 17.8 Å². The van der Waals surface area contributed by atoms with Crippen molar-refractivity contribution in [2.75, 3.05) is 20.6 Å². The molecule has 0 aromatic heterocycles. The number of fused-ring (bicyclic) bond motifs is 2. The molecule has 4 heteroatoms. The fraction of sp³-hybridized carbons (Fsp3) is 0.222. The number of halogens is 2. The first-order valence-electron chi connectivity index (χ1n) is 7.07. The molecule has 0 radical (unpaired) electrons. The molecule has 0 amide bonds. The molecule has 0 unspecified atom stereocenters. The average molecular weight is 351 g/mol. The average Bonchev–Trinajstić information content (AvgIpc) is 2.46. The lowest BCUT2D eigenvalue weighted by Crippen LogP contribution is -3.00. The maximum absolute atomic E-state index is 6.21. The van der Waals surface area contributed by atoms with Crippen molar-refractivity contribution in [3.05, 3.63) is 64.7 Å². The van der Waals surface area contributed by atoms with Crippen LogP contribution in [0.2, 0.25) is 5.02 Å². The Morgan fingerprint density at radius 3 is 2.55 bits per heavy atom. The van der Waals surface area contributed by atoms with Gasteiger partial charge in [-0.2, -0.15) is 0 Å². The Hall–Kier alpha value is -0.930. The third-order valence-corrected chi connectivity index (χ3v) is 4.94. The molecule has 0 spiro atoms. The van der Waals surface area contributed by atoms with Crippen LogP contribution >= 0.6 is 23.4 Å². The van der Waals surface area contributed by atoms with Crippen LogP contribution in [0.25, 0.3) is 5.57 Å². The molecule has 0 aliphatic carbocycles. The quantitative estimate of drug-likeness (QED) is 0.712. The first kappa shape index (κ1) is 17.4. The molecule has 2 aromatic rings. The van der Waals surface area contributed by atoms with Crippen LogP contribution in [0.1, 0.15) is 17.5 Å². The third kappa shape index (κ3) is 3.69. The summed E-state index contributed by atoms with van der Waals surface area (Å²) in [5, 5.41) is 0.798. The number of rotatable bonds is 3. The van der Waals surface area contributed by atoms with E-state index in [9.17, 15) is 0 Å². The summed E-state index contributed by atoms with van der Waals surface area (Å²) in [4.78, 5) is 4.82. The van der Waals surface area contributed by atoms with E-state index in [0.29, 0.717) is 0 Å². The van der Waals surface area contributed by atoms with E-state index in [-0.39, 0.29) is 12.4 Å². The van der Waals surface area contributed by atoms with Crippen molar-refractivity contribution in [2.45, 2.75) is 16.2 Å². The van der Waals surface area contributed by atoms with Gasteiger partial charge in [-0.05, 0) is 61.5 Å². The van der Waals surface area contributed by atoms with Crippen LogP contribution in [0.5, 0.6) is 0 Å². The van der Waals surface area contributed by atoms with Gasteiger partial charge in [0.1, 0.15) is 0 Å². The fourth-order valence-corrected chi connectivity index (χ4v) is 3.79. The molecular weight excluding hydrogens is 333 g/mol. The highest BCUT2D eigenvalue weighted by molar-refractivity contribution is 7.99. The molecule has 0 bridgehead atoms. The van der Waals surface area contributed by atoms with E-state index in [2.05, 4.69) is 61.5 Å².